The van der Waals surface area contributed by atoms with Crippen LogP contribution in [0.4, 0.5) is 9.59 Å². The standard InChI is InChI=1S/C25H25ClN4O5/c26-18-8-4-9-19-21(18)23(31)30(22(27-19)20-10-5-12-29(20)24(32)33)17-11-13-28(14-17)25(34)35-15-16-6-2-1-3-7-16/h1-4,6-9,17,20H,5,10-15H2,(H,32,33). The number of aromatic nitrogens is 2. The highest BCUT2D eigenvalue weighted by atomic mass is 35.5. The molecule has 0 radical (unpaired) electrons. The third kappa shape index (κ3) is 4.43. The molecule has 9 nitrogen and oxygen atoms in total. The van der Waals surface area contributed by atoms with Crippen LogP contribution >= 0.6 is 11.6 Å². The smallest absolute Gasteiger partial charge is 0.410 e. The van der Waals surface area contributed by atoms with Crippen LogP contribution in [-0.4, -0.2) is 56.3 Å². The van der Waals surface area contributed by atoms with Gasteiger partial charge in [0.2, 0.25) is 0 Å². The van der Waals surface area contributed by atoms with Gasteiger partial charge in [-0.05, 0) is 37.0 Å². The minimum atomic E-state index is -1.04. The Hall–Kier alpha value is -3.59. The summed E-state index contributed by atoms with van der Waals surface area (Å²) in [5.74, 6) is 0.397. The number of ether oxygens (including phenoxy) is 1. The van der Waals surface area contributed by atoms with E-state index < -0.39 is 18.2 Å². The van der Waals surface area contributed by atoms with Crippen molar-refractivity contribution in [1.82, 2.24) is 19.4 Å². The number of hydrogen-bond acceptors (Lipinski definition) is 5. The van der Waals surface area contributed by atoms with Crippen molar-refractivity contribution < 1.29 is 19.4 Å². The van der Waals surface area contributed by atoms with E-state index in [0.29, 0.717) is 54.1 Å². The third-order valence-corrected chi connectivity index (χ3v) is 7.01. The summed E-state index contributed by atoms with van der Waals surface area (Å²) in [5.41, 5.74) is 0.999. The van der Waals surface area contributed by atoms with Crippen molar-refractivity contribution in [2.45, 2.75) is 38.0 Å². The van der Waals surface area contributed by atoms with E-state index in [0.717, 1.165) is 5.56 Å². The van der Waals surface area contributed by atoms with Crippen molar-refractivity contribution in [2.75, 3.05) is 19.6 Å². The largest absolute Gasteiger partial charge is 0.465 e. The second kappa shape index (κ2) is 9.58. The molecule has 10 heteroatoms. The van der Waals surface area contributed by atoms with E-state index in [4.69, 9.17) is 21.3 Å². The van der Waals surface area contributed by atoms with E-state index in [1.807, 2.05) is 30.3 Å². The molecular formula is C25H25ClN4O5. The zero-order valence-electron chi connectivity index (χ0n) is 19.0. The summed E-state index contributed by atoms with van der Waals surface area (Å²) in [7, 11) is 0. The number of hydrogen-bond donors (Lipinski definition) is 1. The van der Waals surface area contributed by atoms with Gasteiger partial charge >= 0.3 is 12.2 Å². The maximum atomic E-state index is 13.7. The lowest BCUT2D eigenvalue weighted by Crippen LogP contribution is -2.37. The van der Waals surface area contributed by atoms with Crippen LogP contribution < -0.4 is 5.56 Å². The summed E-state index contributed by atoms with van der Waals surface area (Å²) in [6.45, 7) is 1.22. The number of fused-ring (bicyclic) bond motifs is 1. The van der Waals surface area contributed by atoms with Gasteiger partial charge in [-0.1, -0.05) is 48.0 Å². The molecule has 182 valence electrons. The first-order valence-electron chi connectivity index (χ1n) is 11.6. The molecule has 0 aliphatic carbocycles. The zero-order chi connectivity index (χ0) is 24.5. The number of amides is 2. The fourth-order valence-corrected chi connectivity index (χ4v) is 5.25. The minimum absolute atomic E-state index is 0.162. The fraction of sp³-hybridized carbons (Fsp3) is 0.360. The number of halogens is 1. The van der Waals surface area contributed by atoms with Gasteiger partial charge in [0.1, 0.15) is 12.4 Å². The fourth-order valence-electron chi connectivity index (χ4n) is 5.00. The van der Waals surface area contributed by atoms with Gasteiger partial charge in [0.25, 0.3) is 5.56 Å². The predicted molar refractivity (Wildman–Crippen MR) is 130 cm³/mol. The van der Waals surface area contributed by atoms with Gasteiger partial charge in [-0.3, -0.25) is 14.3 Å². The molecule has 3 heterocycles. The molecule has 1 N–H and O–H groups in total. The number of carbonyl (C=O) groups is 2. The molecule has 3 aromatic rings. The van der Waals surface area contributed by atoms with Crippen molar-refractivity contribution in [3.63, 3.8) is 0 Å². The molecule has 2 atom stereocenters. The quantitative estimate of drug-likeness (QED) is 0.572. The van der Waals surface area contributed by atoms with Crippen LogP contribution in [0.25, 0.3) is 10.9 Å². The summed E-state index contributed by atoms with van der Waals surface area (Å²) in [5, 5.41) is 10.3. The molecule has 2 fully saturated rings. The van der Waals surface area contributed by atoms with Crippen LogP contribution in [-0.2, 0) is 11.3 Å². The first-order chi connectivity index (χ1) is 16.9. The van der Waals surface area contributed by atoms with Crippen LogP contribution in [0.5, 0.6) is 0 Å². The SMILES string of the molecule is O=C(OCc1ccccc1)N1CCC(n2c(C3CCCN3C(=O)O)nc3cccc(Cl)c3c2=O)C1. The Kier molecular flexibility index (Phi) is 6.34. The van der Waals surface area contributed by atoms with E-state index in [9.17, 15) is 19.5 Å². The zero-order valence-corrected chi connectivity index (χ0v) is 19.7. The first-order valence-corrected chi connectivity index (χ1v) is 12.0. The Balaban J connectivity index is 1.47. The number of nitrogens with zero attached hydrogens (tertiary/aromatic N) is 4. The minimum Gasteiger partial charge on any atom is -0.465 e. The Morgan fingerprint density at radius 3 is 2.66 bits per heavy atom. The number of likely N-dealkylation sites (tertiary alicyclic amines) is 2. The predicted octanol–water partition coefficient (Wildman–Crippen LogP) is 4.45. The highest BCUT2D eigenvalue weighted by molar-refractivity contribution is 6.35. The van der Waals surface area contributed by atoms with Crippen LogP contribution in [0, 0.1) is 0 Å². The number of rotatable bonds is 4. The topological polar surface area (TPSA) is 105 Å². The van der Waals surface area contributed by atoms with E-state index in [1.54, 1.807) is 27.7 Å². The molecule has 0 spiro atoms. The molecule has 2 unspecified atom stereocenters. The summed E-state index contributed by atoms with van der Waals surface area (Å²) in [4.78, 5) is 46.0. The maximum Gasteiger partial charge on any atom is 0.410 e. The molecule has 5 rings (SSSR count). The molecule has 2 aliphatic heterocycles. The number of benzene rings is 2. The second-order valence-electron chi connectivity index (χ2n) is 8.84. The van der Waals surface area contributed by atoms with Crippen molar-refractivity contribution in [1.29, 1.82) is 0 Å². The average molecular weight is 497 g/mol. The summed E-state index contributed by atoms with van der Waals surface area (Å²) < 4.78 is 7.03. The Bertz CT molecular complexity index is 1330. The van der Waals surface area contributed by atoms with Crippen LogP contribution in [0.2, 0.25) is 5.02 Å². The summed E-state index contributed by atoms with van der Waals surface area (Å²) in [6, 6.07) is 13.6. The Morgan fingerprint density at radius 2 is 1.89 bits per heavy atom. The number of carboxylic acid groups (broad SMARTS) is 1. The third-order valence-electron chi connectivity index (χ3n) is 6.69. The van der Waals surface area contributed by atoms with Crippen LogP contribution in [0.3, 0.4) is 0 Å². The molecular weight excluding hydrogens is 472 g/mol. The van der Waals surface area contributed by atoms with E-state index in [-0.39, 0.29) is 24.8 Å². The van der Waals surface area contributed by atoms with Crippen molar-refractivity contribution >= 4 is 34.7 Å². The summed E-state index contributed by atoms with van der Waals surface area (Å²) >= 11 is 6.37. The molecule has 0 saturated carbocycles. The maximum absolute atomic E-state index is 13.7. The van der Waals surface area contributed by atoms with Crippen molar-refractivity contribution in [3.8, 4) is 0 Å². The normalized spacial score (nSPS) is 19.9. The Morgan fingerprint density at radius 1 is 1.09 bits per heavy atom. The van der Waals surface area contributed by atoms with Gasteiger partial charge in [0, 0.05) is 19.6 Å². The molecule has 0 bridgehead atoms. The molecule has 35 heavy (non-hydrogen) atoms. The van der Waals surface area contributed by atoms with E-state index in [1.165, 1.54) is 4.90 Å². The van der Waals surface area contributed by atoms with E-state index in [2.05, 4.69) is 0 Å². The first kappa shape index (κ1) is 23.2. The molecule has 2 amide bonds. The monoisotopic (exact) mass is 496 g/mol. The van der Waals surface area contributed by atoms with E-state index >= 15 is 0 Å². The van der Waals surface area contributed by atoms with Gasteiger partial charge in [-0.15, -0.1) is 0 Å². The highest BCUT2D eigenvalue weighted by Gasteiger charge is 2.37. The highest BCUT2D eigenvalue weighted by Crippen LogP contribution is 2.34. The van der Waals surface area contributed by atoms with Gasteiger partial charge in [-0.2, -0.15) is 0 Å². The molecule has 2 aromatic carbocycles. The van der Waals surface area contributed by atoms with Crippen LogP contribution in [0.15, 0.2) is 53.3 Å². The molecule has 2 aliphatic rings. The van der Waals surface area contributed by atoms with Gasteiger partial charge in [0.15, 0.2) is 0 Å². The van der Waals surface area contributed by atoms with Crippen molar-refractivity contribution in [2.24, 2.45) is 0 Å². The van der Waals surface area contributed by atoms with Gasteiger partial charge in [0.05, 0.1) is 28.0 Å². The lowest BCUT2D eigenvalue weighted by atomic mass is 10.1. The van der Waals surface area contributed by atoms with Gasteiger partial charge in [-0.25, -0.2) is 14.6 Å². The molecule has 1 aromatic heterocycles. The van der Waals surface area contributed by atoms with Gasteiger partial charge < -0.3 is 14.7 Å². The van der Waals surface area contributed by atoms with Crippen molar-refractivity contribution in [3.05, 3.63) is 75.3 Å². The lowest BCUT2D eigenvalue weighted by molar-refractivity contribution is 0.103. The summed E-state index contributed by atoms with van der Waals surface area (Å²) in [6.07, 6.45) is 0.275. The lowest BCUT2D eigenvalue weighted by Gasteiger charge is -2.27. The number of carbonyl (C=O) groups excluding carboxylic acids is 1. The average Bonchev–Trinajstić information content (AvgIpc) is 3.53. The molecule has 2 saturated heterocycles. The van der Waals surface area contributed by atoms with Crippen LogP contribution in [0.1, 0.15) is 42.7 Å². The second-order valence-corrected chi connectivity index (χ2v) is 9.25. The Labute approximate surface area is 206 Å².